The molecule has 4 nitrogen and oxygen atoms in total. The summed E-state index contributed by atoms with van der Waals surface area (Å²) >= 11 is 0. The molecule has 668 valence electrons. The van der Waals surface area contributed by atoms with Crippen LogP contribution < -0.4 is 26.2 Å². The lowest BCUT2D eigenvalue weighted by molar-refractivity contribution is 0.411. The summed E-state index contributed by atoms with van der Waals surface area (Å²) in [6, 6.07) is 91.9. The Labute approximate surface area is 789 Å². The molecule has 130 heavy (non-hydrogen) atoms. The second kappa shape index (κ2) is 31.4. The first-order valence-electron chi connectivity index (χ1n) is 50.7. The molecule has 0 N–H and O–H groups in total. The molecule has 13 aromatic carbocycles. The van der Waals surface area contributed by atoms with Crippen LogP contribution >= 0.6 is 0 Å². The van der Waals surface area contributed by atoms with Crippen molar-refractivity contribution in [3.63, 3.8) is 0 Å². The predicted molar refractivity (Wildman–Crippen MR) is 570 cm³/mol. The van der Waals surface area contributed by atoms with E-state index in [9.17, 15) is 8.22 Å². The summed E-state index contributed by atoms with van der Waals surface area (Å²) in [5.41, 5.74) is 27.4. The Hall–Kier alpha value is -10.9. The van der Waals surface area contributed by atoms with Gasteiger partial charge in [0, 0.05) is 86.1 Å². The Bertz CT molecular complexity index is 6630. The predicted octanol–water partition coefficient (Wildman–Crippen LogP) is 33.8. The molecule has 5 heteroatoms. The van der Waals surface area contributed by atoms with Gasteiger partial charge in [0.25, 0.3) is 6.71 Å². The van der Waals surface area contributed by atoms with E-state index in [-0.39, 0.29) is 43.3 Å². The molecule has 0 radical (unpaired) electrons. The van der Waals surface area contributed by atoms with Gasteiger partial charge in [-0.25, -0.2) is 0 Å². The van der Waals surface area contributed by atoms with Crippen molar-refractivity contribution in [1.82, 2.24) is 9.13 Å². The maximum absolute atomic E-state index is 11.4. The summed E-state index contributed by atoms with van der Waals surface area (Å²) in [5, 5.41) is 4.66. The van der Waals surface area contributed by atoms with E-state index in [1.165, 1.54) is 43.8 Å². The first kappa shape index (κ1) is 83.5. The lowest BCUT2D eigenvalue weighted by atomic mass is 9.33. The standard InChI is InChI=1S/C125H145BN4/c1-115(2,3)74-77-58-94(80-38-34-42-84(64-80)118(10,11)12)113(95(59-77)81-39-35-43-85(65-81)119(13,14)15)129-108-72-92(127-104-54-46-88(122(22,23)24)68-98(104)99-69-89(123(25,26)27)47-55-105(99)127)50-52-102(108)126-103-53-51-93(128-106-56-48-90(124(28,29)30)70-100(106)101-71-91(125(31,32)33)49-57-107(101)128)73-109(103)130(111-63-79(76-117(7,8)9)62-110(129)112(111)126)114-96(82-40-36-44-86(66-82)120(16,17)18)60-78(75-116(4,5)6)61-97(114)83-41-37-45-87(67-83)121(19,20)21/h34-73H,74-76H2,1-33H3/i74D2,75D2,76D2. The third-order valence-electron chi connectivity index (χ3n) is 26.9. The van der Waals surface area contributed by atoms with Crippen molar-refractivity contribution in [3.05, 3.63) is 304 Å². The van der Waals surface area contributed by atoms with Crippen LogP contribution in [-0.4, -0.2) is 15.8 Å². The molecule has 2 aliphatic rings. The number of benzene rings is 13. The molecule has 0 fully saturated rings. The summed E-state index contributed by atoms with van der Waals surface area (Å²) < 4.78 is 70.6. The van der Waals surface area contributed by atoms with Gasteiger partial charge < -0.3 is 18.9 Å². The molecule has 0 saturated heterocycles. The molecule has 2 aromatic heterocycles. The van der Waals surface area contributed by atoms with E-state index in [0.717, 1.165) is 151 Å². The van der Waals surface area contributed by atoms with Gasteiger partial charge in [-0.05, 0) is 288 Å². The Balaban J connectivity index is 1.15. The van der Waals surface area contributed by atoms with Gasteiger partial charge in [0.1, 0.15) is 0 Å². The fraction of sp³-hybridized carbons (Fsp3) is 0.376. The number of hydrogen-bond donors (Lipinski definition) is 0. The first-order chi connectivity index (χ1) is 62.7. The molecule has 0 bridgehead atoms. The van der Waals surface area contributed by atoms with Gasteiger partial charge in [0.05, 0.1) is 33.4 Å². The number of anilines is 6. The van der Waals surface area contributed by atoms with E-state index in [2.05, 4.69) is 428 Å². The van der Waals surface area contributed by atoms with E-state index in [1.54, 1.807) is 0 Å². The Morgan fingerprint density at radius 3 is 0.692 bits per heavy atom. The average Bonchev–Trinajstić information content (AvgIpc) is 0.709. The molecule has 15 aromatic rings. The second-order valence-corrected chi connectivity index (χ2v) is 49.4. The van der Waals surface area contributed by atoms with Gasteiger partial charge in [0.15, 0.2) is 0 Å². The fourth-order valence-electron chi connectivity index (χ4n) is 20.0. The van der Waals surface area contributed by atoms with Gasteiger partial charge in [-0.1, -0.05) is 362 Å². The van der Waals surface area contributed by atoms with Gasteiger partial charge in [-0.3, -0.25) is 0 Å². The summed E-state index contributed by atoms with van der Waals surface area (Å²) in [6.45, 7) is 72.5. The van der Waals surface area contributed by atoms with Crippen LogP contribution in [0.25, 0.3) is 99.5 Å². The molecule has 0 atom stereocenters. The topological polar surface area (TPSA) is 16.3 Å². The SMILES string of the molecule is [2H]C([2H])(c1cc(-c2cccc(C(C)(C)C)c2)c(N2c3cc(-n4c5ccc(C(C)(C)C)cc5c5cc(C(C)(C)C)ccc54)ccc3B3c4ccc(-n5c6ccc(C(C)(C)C)cc6c6cc(C(C)(C)C)ccc65)cc4N(c4c(-c5cccc(C(C)(C)C)c5)cc(C([2H])([2H])C(C)(C)C)cc4-c4cccc(C(C)(C)C)c4)c4cc(C([2H])([2H])C(C)(C)C)cc2c43)c(-c2cccc(C(C)(C)C)c2)c1)C(C)(C)C. The van der Waals surface area contributed by atoms with Gasteiger partial charge >= 0.3 is 0 Å². The highest BCUT2D eigenvalue weighted by Gasteiger charge is 2.47. The van der Waals surface area contributed by atoms with Crippen molar-refractivity contribution in [1.29, 1.82) is 0 Å². The quantitative estimate of drug-likeness (QED) is 0.120. The molecular formula is C125H145BN4. The summed E-state index contributed by atoms with van der Waals surface area (Å²) in [7, 11) is 0. The van der Waals surface area contributed by atoms with E-state index in [4.69, 9.17) is 0 Å². The monoisotopic (exact) mass is 1720 g/mol. The van der Waals surface area contributed by atoms with Crippen LogP contribution in [0.5, 0.6) is 0 Å². The third kappa shape index (κ3) is 17.3. The Morgan fingerprint density at radius 1 is 0.231 bits per heavy atom. The van der Waals surface area contributed by atoms with Crippen LogP contribution in [0.3, 0.4) is 0 Å². The highest BCUT2D eigenvalue weighted by Crippen LogP contribution is 2.57. The van der Waals surface area contributed by atoms with E-state index < -0.39 is 42.1 Å². The smallest absolute Gasteiger partial charge is 0.252 e. The molecule has 0 saturated carbocycles. The number of rotatable bonds is 11. The lowest BCUT2D eigenvalue weighted by Gasteiger charge is -2.46. The molecule has 0 amide bonds. The highest BCUT2D eigenvalue weighted by atomic mass is 15.2. The summed E-state index contributed by atoms with van der Waals surface area (Å²) in [6.07, 6.45) is -5.88. The second-order valence-electron chi connectivity index (χ2n) is 49.4. The minimum Gasteiger partial charge on any atom is -0.310 e. The van der Waals surface area contributed by atoms with Crippen molar-refractivity contribution in [2.75, 3.05) is 9.80 Å². The van der Waals surface area contributed by atoms with E-state index >= 15 is 0 Å². The molecule has 17 rings (SSSR count). The maximum atomic E-state index is 11.4. The van der Waals surface area contributed by atoms with Crippen LogP contribution in [0.2, 0.25) is 0 Å². The average molecular weight is 1720 g/mol. The van der Waals surface area contributed by atoms with Crippen LogP contribution in [0.4, 0.5) is 34.1 Å². The molecular weight excluding hydrogens is 1570 g/mol. The molecule has 0 spiro atoms. The van der Waals surface area contributed by atoms with Crippen LogP contribution in [-0.2, 0) is 62.4 Å². The van der Waals surface area contributed by atoms with Crippen molar-refractivity contribution in [3.8, 4) is 55.9 Å². The van der Waals surface area contributed by atoms with Crippen LogP contribution in [0.15, 0.2) is 243 Å². The normalized spacial score (nSPS) is 14.9. The van der Waals surface area contributed by atoms with Gasteiger partial charge in [0.2, 0.25) is 0 Å². The van der Waals surface area contributed by atoms with Crippen molar-refractivity contribution in [2.45, 2.75) is 291 Å². The molecule has 0 unspecified atom stereocenters. The van der Waals surface area contributed by atoms with Crippen molar-refractivity contribution in [2.24, 2.45) is 16.2 Å². The summed E-state index contributed by atoms with van der Waals surface area (Å²) in [5.74, 6) is 0. The van der Waals surface area contributed by atoms with Gasteiger partial charge in [-0.2, -0.15) is 0 Å². The van der Waals surface area contributed by atoms with Crippen molar-refractivity contribution < 1.29 is 8.22 Å². The first-order valence-corrected chi connectivity index (χ1v) is 47.7. The van der Waals surface area contributed by atoms with E-state index in [1.807, 2.05) is 62.3 Å². The number of hydrogen-bond acceptors (Lipinski definition) is 2. The molecule has 4 heterocycles. The summed E-state index contributed by atoms with van der Waals surface area (Å²) in [4.78, 5) is 5.06. The zero-order valence-corrected chi connectivity index (χ0v) is 84.5. The van der Waals surface area contributed by atoms with Crippen molar-refractivity contribution >= 4 is 101 Å². The zero-order chi connectivity index (χ0) is 99.1. The highest BCUT2D eigenvalue weighted by molar-refractivity contribution is 7.00. The number of aromatic nitrogens is 2. The molecule has 2 aliphatic heterocycles. The Kier molecular flexibility index (Phi) is 20.2. The molecule has 0 aliphatic carbocycles. The number of fused-ring (bicyclic) bond motifs is 10. The van der Waals surface area contributed by atoms with Crippen LogP contribution in [0.1, 0.15) is 298 Å². The minimum absolute atomic E-state index is 0.160. The number of nitrogens with zero attached hydrogens (tertiary/aromatic N) is 4. The van der Waals surface area contributed by atoms with E-state index in [0.29, 0.717) is 16.7 Å². The minimum atomic E-state index is -2.07. The lowest BCUT2D eigenvalue weighted by Crippen LogP contribution is -2.61. The third-order valence-corrected chi connectivity index (χ3v) is 26.9. The van der Waals surface area contributed by atoms with Crippen LogP contribution in [0, 0.1) is 16.2 Å². The van der Waals surface area contributed by atoms with Gasteiger partial charge in [-0.15, -0.1) is 0 Å². The Morgan fingerprint density at radius 2 is 0.462 bits per heavy atom. The maximum Gasteiger partial charge on any atom is 0.252 e. The fourth-order valence-corrected chi connectivity index (χ4v) is 20.0. The zero-order valence-electron chi connectivity index (χ0n) is 90.5. The largest absolute Gasteiger partial charge is 0.310 e.